The van der Waals surface area contributed by atoms with E-state index in [0.717, 1.165) is 24.1 Å². The molecule has 1 aliphatic heterocycles. The molecule has 0 radical (unpaired) electrons. The van der Waals surface area contributed by atoms with E-state index in [4.69, 9.17) is 4.74 Å². The van der Waals surface area contributed by atoms with Gasteiger partial charge in [0.1, 0.15) is 0 Å². The van der Waals surface area contributed by atoms with E-state index < -0.39 is 10.0 Å². The predicted molar refractivity (Wildman–Crippen MR) is 92.6 cm³/mol. The number of rotatable bonds is 6. The van der Waals surface area contributed by atoms with Gasteiger partial charge in [0.25, 0.3) is 0 Å². The van der Waals surface area contributed by atoms with Crippen LogP contribution in [-0.2, 0) is 27.1 Å². The molecule has 1 aromatic rings. The van der Waals surface area contributed by atoms with Crippen LogP contribution in [0.5, 0.6) is 0 Å². The molecule has 2 rings (SSSR count). The van der Waals surface area contributed by atoms with Crippen LogP contribution in [0, 0.1) is 0 Å². The summed E-state index contributed by atoms with van der Waals surface area (Å²) in [6.07, 6.45) is 0.971. The summed E-state index contributed by atoms with van der Waals surface area (Å²) < 4.78 is 31.5. The van der Waals surface area contributed by atoms with Crippen molar-refractivity contribution in [1.82, 2.24) is 10.0 Å². The van der Waals surface area contributed by atoms with Gasteiger partial charge in [0.05, 0.1) is 17.0 Å². The molecule has 0 saturated carbocycles. The van der Waals surface area contributed by atoms with Crippen molar-refractivity contribution in [2.24, 2.45) is 0 Å². The second-order valence-electron chi connectivity index (χ2n) is 7.38. The van der Waals surface area contributed by atoms with Crippen molar-refractivity contribution in [2.45, 2.75) is 63.7 Å². The van der Waals surface area contributed by atoms with Crippen molar-refractivity contribution in [1.29, 1.82) is 0 Å². The quantitative estimate of drug-likeness (QED) is 0.833. The summed E-state index contributed by atoms with van der Waals surface area (Å²) in [5, 5.41) is 3.57. The molecule has 23 heavy (non-hydrogen) atoms. The van der Waals surface area contributed by atoms with E-state index in [1.54, 1.807) is 0 Å². The van der Waals surface area contributed by atoms with Gasteiger partial charge in [-0.1, -0.05) is 24.3 Å². The van der Waals surface area contributed by atoms with E-state index in [-0.39, 0.29) is 17.0 Å². The normalized spacial score (nSPS) is 23.1. The molecule has 2 N–H and O–H groups in total. The van der Waals surface area contributed by atoms with Gasteiger partial charge < -0.3 is 10.1 Å². The molecular formula is C17H28N2O3S. The van der Waals surface area contributed by atoms with Crippen LogP contribution >= 0.6 is 0 Å². The van der Waals surface area contributed by atoms with Crippen LogP contribution in [0.25, 0.3) is 0 Å². The summed E-state index contributed by atoms with van der Waals surface area (Å²) in [5.41, 5.74) is 1.63. The van der Waals surface area contributed by atoms with E-state index in [1.807, 2.05) is 24.3 Å². The fourth-order valence-corrected chi connectivity index (χ4v) is 3.94. The first-order valence-electron chi connectivity index (χ1n) is 7.96. The van der Waals surface area contributed by atoms with Crippen LogP contribution in [0.1, 0.15) is 45.2 Å². The van der Waals surface area contributed by atoms with Gasteiger partial charge in [-0.2, -0.15) is 0 Å². The van der Waals surface area contributed by atoms with Crippen LogP contribution in [-0.4, -0.2) is 32.7 Å². The minimum Gasteiger partial charge on any atom is -0.368 e. The molecule has 130 valence electrons. The smallest absolute Gasteiger partial charge is 0.215 e. The third-order valence-electron chi connectivity index (χ3n) is 4.32. The molecule has 0 spiro atoms. The molecule has 0 aliphatic carbocycles. The number of hydrogen-bond acceptors (Lipinski definition) is 4. The first-order valence-corrected chi connectivity index (χ1v) is 9.61. The average molecular weight is 340 g/mol. The molecular weight excluding hydrogens is 312 g/mol. The highest BCUT2D eigenvalue weighted by Gasteiger charge is 2.45. The number of ether oxygens (including phenoxy) is 1. The highest BCUT2D eigenvalue weighted by atomic mass is 32.2. The average Bonchev–Trinajstić information content (AvgIpc) is 2.65. The van der Waals surface area contributed by atoms with Gasteiger partial charge in [-0.15, -0.1) is 0 Å². The van der Waals surface area contributed by atoms with Gasteiger partial charge in [-0.05, 0) is 52.3 Å². The second kappa shape index (κ2) is 6.51. The molecule has 1 fully saturated rings. The molecule has 0 aromatic heterocycles. The topological polar surface area (TPSA) is 67.4 Å². The summed E-state index contributed by atoms with van der Waals surface area (Å²) in [6, 6.07) is 7.98. The molecule has 1 atom stereocenters. The monoisotopic (exact) mass is 340 g/mol. The fourth-order valence-electron chi connectivity index (χ4n) is 3.17. The van der Waals surface area contributed by atoms with Crippen molar-refractivity contribution >= 4 is 10.0 Å². The largest absolute Gasteiger partial charge is 0.368 e. The Hall–Kier alpha value is -0.950. The van der Waals surface area contributed by atoms with Gasteiger partial charge in [-0.25, -0.2) is 13.1 Å². The zero-order chi connectivity index (χ0) is 17.3. The molecule has 1 heterocycles. The van der Waals surface area contributed by atoms with E-state index in [2.05, 4.69) is 37.7 Å². The molecule has 0 unspecified atom stereocenters. The first-order chi connectivity index (χ1) is 10.5. The van der Waals surface area contributed by atoms with Gasteiger partial charge in [0, 0.05) is 12.6 Å². The Balaban J connectivity index is 1.95. The SMILES string of the molecule is CNS(=O)(=O)Cc1ccc(CN[C@H]2CC(C)(C)OC2(C)C)cc1. The van der Waals surface area contributed by atoms with Crippen molar-refractivity contribution in [3.8, 4) is 0 Å². The molecule has 1 aromatic carbocycles. The van der Waals surface area contributed by atoms with Gasteiger partial charge in [-0.3, -0.25) is 0 Å². The van der Waals surface area contributed by atoms with Gasteiger partial charge in [0.2, 0.25) is 10.0 Å². The second-order valence-corrected chi connectivity index (χ2v) is 9.31. The standard InChI is InChI=1S/C17H28N2O3S/c1-16(2)10-15(17(3,4)22-16)19-11-13-6-8-14(9-7-13)12-23(20,21)18-5/h6-9,15,18-19H,10-12H2,1-5H3/t15-/m0/s1. The van der Waals surface area contributed by atoms with Crippen LogP contribution in [0.3, 0.4) is 0 Å². The van der Waals surface area contributed by atoms with Crippen LogP contribution in [0.15, 0.2) is 24.3 Å². The lowest BCUT2D eigenvalue weighted by Gasteiger charge is -2.28. The van der Waals surface area contributed by atoms with E-state index in [0.29, 0.717) is 6.04 Å². The summed E-state index contributed by atoms with van der Waals surface area (Å²) in [5.74, 6) is 0.00882. The third-order valence-corrected chi connectivity index (χ3v) is 5.65. The highest BCUT2D eigenvalue weighted by Crippen LogP contribution is 2.37. The lowest BCUT2D eigenvalue weighted by molar-refractivity contribution is -0.0699. The number of nitrogens with one attached hydrogen (secondary N) is 2. The number of benzene rings is 1. The van der Waals surface area contributed by atoms with Crippen molar-refractivity contribution in [3.05, 3.63) is 35.4 Å². The van der Waals surface area contributed by atoms with Gasteiger partial charge in [0.15, 0.2) is 0 Å². The van der Waals surface area contributed by atoms with Crippen LogP contribution < -0.4 is 10.0 Å². The molecule has 0 amide bonds. The van der Waals surface area contributed by atoms with Crippen LogP contribution in [0.4, 0.5) is 0 Å². The summed E-state index contributed by atoms with van der Waals surface area (Å²) in [7, 11) is -1.79. The van der Waals surface area contributed by atoms with E-state index in [1.165, 1.54) is 7.05 Å². The Morgan fingerprint density at radius 2 is 1.70 bits per heavy atom. The lowest BCUT2D eigenvalue weighted by atomic mass is 9.94. The van der Waals surface area contributed by atoms with Crippen LogP contribution in [0.2, 0.25) is 0 Å². The first kappa shape index (κ1) is 18.4. The van der Waals surface area contributed by atoms with E-state index in [9.17, 15) is 8.42 Å². The van der Waals surface area contributed by atoms with Crippen molar-refractivity contribution < 1.29 is 13.2 Å². The maximum Gasteiger partial charge on any atom is 0.215 e. The molecule has 0 bridgehead atoms. The minimum atomic E-state index is -3.22. The maximum absolute atomic E-state index is 11.5. The zero-order valence-corrected chi connectivity index (χ0v) is 15.5. The minimum absolute atomic E-state index is 0.00882. The summed E-state index contributed by atoms with van der Waals surface area (Å²) >= 11 is 0. The number of sulfonamides is 1. The third kappa shape index (κ3) is 5.01. The fraction of sp³-hybridized carbons (Fsp3) is 0.647. The van der Waals surface area contributed by atoms with Crippen molar-refractivity contribution in [3.63, 3.8) is 0 Å². The van der Waals surface area contributed by atoms with E-state index >= 15 is 0 Å². The Kier molecular flexibility index (Phi) is 5.21. The lowest BCUT2D eigenvalue weighted by Crippen LogP contribution is -2.42. The zero-order valence-electron chi connectivity index (χ0n) is 14.6. The summed E-state index contributed by atoms with van der Waals surface area (Å²) in [6.45, 7) is 9.21. The predicted octanol–water partition coefficient (Wildman–Crippen LogP) is 2.17. The Labute approximate surface area is 139 Å². The molecule has 5 nitrogen and oxygen atoms in total. The Morgan fingerprint density at radius 1 is 1.13 bits per heavy atom. The maximum atomic E-state index is 11.5. The molecule has 6 heteroatoms. The van der Waals surface area contributed by atoms with Gasteiger partial charge >= 0.3 is 0 Å². The summed E-state index contributed by atoms with van der Waals surface area (Å²) in [4.78, 5) is 0. The van der Waals surface area contributed by atoms with Crippen molar-refractivity contribution in [2.75, 3.05) is 7.05 Å². The molecule has 1 aliphatic rings. The highest BCUT2D eigenvalue weighted by molar-refractivity contribution is 7.88. The Morgan fingerprint density at radius 3 is 2.17 bits per heavy atom. The number of hydrogen-bond donors (Lipinski definition) is 2. The Bertz CT molecular complexity index is 636. The molecule has 1 saturated heterocycles.